The Kier molecular flexibility index (Phi) is 4.69. The Hall–Kier alpha value is -3.41. The van der Waals surface area contributed by atoms with Gasteiger partial charge in [0.1, 0.15) is 5.69 Å². The van der Waals surface area contributed by atoms with Crippen LogP contribution in [-0.4, -0.2) is 45.2 Å². The van der Waals surface area contributed by atoms with Gasteiger partial charge in [-0.2, -0.15) is 5.10 Å². The van der Waals surface area contributed by atoms with Crippen molar-refractivity contribution in [1.82, 2.24) is 15.1 Å². The molecule has 2 aromatic carbocycles. The molecule has 1 atom stereocenters. The minimum atomic E-state index is -0.933. The van der Waals surface area contributed by atoms with E-state index < -0.39 is 5.97 Å². The van der Waals surface area contributed by atoms with E-state index in [4.69, 9.17) is 0 Å². The Morgan fingerprint density at radius 2 is 1.82 bits per heavy atom. The van der Waals surface area contributed by atoms with Crippen LogP contribution in [0.4, 0.5) is 0 Å². The predicted octanol–water partition coefficient (Wildman–Crippen LogP) is 3.71. The van der Waals surface area contributed by atoms with Gasteiger partial charge >= 0.3 is 5.97 Å². The number of carbonyl (C=O) groups is 2. The first-order valence-corrected chi connectivity index (χ1v) is 9.28. The molecule has 6 nitrogen and oxygen atoms in total. The normalized spacial score (nSPS) is 16.3. The lowest BCUT2D eigenvalue weighted by Gasteiger charge is -2.17. The Labute approximate surface area is 162 Å². The SMILES string of the molecule is Cc1c(-c2ccccc2)n[nH]c1C(=O)N1CC[C@@H](c2ccccc2C(=O)O)C1. The second-order valence-corrected chi connectivity index (χ2v) is 7.07. The summed E-state index contributed by atoms with van der Waals surface area (Å²) in [7, 11) is 0. The summed E-state index contributed by atoms with van der Waals surface area (Å²) in [6, 6.07) is 16.8. The molecule has 4 rings (SSSR count). The molecule has 28 heavy (non-hydrogen) atoms. The molecule has 142 valence electrons. The Bertz CT molecular complexity index is 1030. The van der Waals surface area contributed by atoms with Gasteiger partial charge in [-0.25, -0.2) is 4.79 Å². The highest BCUT2D eigenvalue weighted by Crippen LogP contribution is 2.31. The lowest BCUT2D eigenvalue weighted by atomic mass is 9.93. The van der Waals surface area contributed by atoms with E-state index in [2.05, 4.69) is 10.2 Å². The van der Waals surface area contributed by atoms with Crippen LogP contribution in [0.25, 0.3) is 11.3 Å². The van der Waals surface area contributed by atoms with Gasteiger partial charge in [0.05, 0.1) is 11.3 Å². The zero-order valence-corrected chi connectivity index (χ0v) is 15.6. The van der Waals surface area contributed by atoms with Crippen molar-refractivity contribution < 1.29 is 14.7 Å². The van der Waals surface area contributed by atoms with Crippen molar-refractivity contribution in [1.29, 1.82) is 0 Å². The van der Waals surface area contributed by atoms with Gasteiger partial charge in [-0.3, -0.25) is 9.89 Å². The fourth-order valence-electron chi connectivity index (χ4n) is 3.89. The van der Waals surface area contributed by atoms with Crippen molar-refractivity contribution >= 4 is 11.9 Å². The number of carboxylic acids is 1. The summed E-state index contributed by atoms with van der Waals surface area (Å²) in [6.07, 6.45) is 0.745. The number of H-pyrrole nitrogens is 1. The molecule has 1 saturated heterocycles. The van der Waals surface area contributed by atoms with Gasteiger partial charge in [0.2, 0.25) is 0 Å². The summed E-state index contributed by atoms with van der Waals surface area (Å²) in [5.74, 6) is -1.01. The van der Waals surface area contributed by atoms with Gasteiger partial charge in [0, 0.05) is 30.1 Å². The number of aromatic amines is 1. The quantitative estimate of drug-likeness (QED) is 0.728. The highest BCUT2D eigenvalue weighted by molar-refractivity contribution is 5.95. The molecule has 1 amide bonds. The minimum absolute atomic E-state index is 0.0214. The van der Waals surface area contributed by atoms with Crippen LogP contribution in [0.5, 0.6) is 0 Å². The topological polar surface area (TPSA) is 86.3 Å². The molecule has 2 N–H and O–H groups in total. The number of carboxylic acid groups (broad SMARTS) is 1. The van der Waals surface area contributed by atoms with E-state index >= 15 is 0 Å². The first-order chi connectivity index (χ1) is 13.6. The molecular formula is C22H21N3O3. The highest BCUT2D eigenvalue weighted by atomic mass is 16.4. The molecule has 0 aliphatic carbocycles. The number of rotatable bonds is 4. The van der Waals surface area contributed by atoms with E-state index in [0.717, 1.165) is 28.8 Å². The molecule has 1 aliphatic heterocycles. The van der Waals surface area contributed by atoms with Crippen LogP contribution >= 0.6 is 0 Å². The Morgan fingerprint density at radius 3 is 2.57 bits per heavy atom. The number of likely N-dealkylation sites (tertiary alicyclic amines) is 1. The minimum Gasteiger partial charge on any atom is -0.478 e. The number of nitrogens with zero attached hydrogens (tertiary/aromatic N) is 2. The van der Waals surface area contributed by atoms with Crippen LogP contribution in [0.3, 0.4) is 0 Å². The van der Waals surface area contributed by atoms with Crippen LogP contribution in [0.1, 0.15) is 44.3 Å². The Balaban J connectivity index is 1.55. The van der Waals surface area contributed by atoms with Crippen molar-refractivity contribution in [2.45, 2.75) is 19.3 Å². The van der Waals surface area contributed by atoms with Crippen LogP contribution in [-0.2, 0) is 0 Å². The molecule has 0 radical (unpaired) electrons. The third kappa shape index (κ3) is 3.17. The molecule has 1 fully saturated rings. The number of benzene rings is 2. The smallest absolute Gasteiger partial charge is 0.335 e. The maximum atomic E-state index is 13.0. The predicted molar refractivity (Wildman–Crippen MR) is 105 cm³/mol. The van der Waals surface area contributed by atoms with Crippen molar-refractivity contribution in [2.24, 2.45) is 0 Å². The maximum Gasteiger partial charge on any atom is 0.335 e. The number of amides is 1. The number of aromatic carboxylic acids is 1. The largest absolute Gasteiger partial charge is 0.478 e. The number of aromatic nitrogens is 2. The maximum absolute atomic E-state index is 13.0. The zero-order chi connectivity index (χ0) is 19.7. The summed E-state index contributed by atoms with van der Waals surface area (Å²) in [6.45, 7) is 2.99. The van der Waals surface area contributed by atoms with E-state index in [1.165, 1.54) is 0 Å². The number of carbonyl (C=O) groups excluding carboxylic acids is 1. The van der Waals surface area contributed by atoms with Crippen molar-refractivity contribution in [3.63, 3.8) is 0 Å². The van der Waals surface area contributed by atoms with Crippen LogP contribution < -0.4 is 0 Å². The second kappa shape index (κ2) is 7.31. The number of hydrogen-bond acceptors (Lipinski definition) is 3. The first-order valence-electron chi connectivity index (χ1n) is 9.28. The Morgan fingerprint density at radius 1 is 1.11 bits per heavy atom. The van der Waals surface area contributed by atoms with Crippen LogP contribution in [0.2, 0.25) is 0 Å². The lowest BCUT2D eigenvalue weighted by Crippen LogP contribution is -2.29. The third-order valence-electron chi connectivity index (χ3n) is 5.38. The van der Waals surface area contributed by atoms with Gasteiger partial charge in [0.25, 0.3) is 5.91 Å². The summed E-state index contributed by atoms with van der Waals surface area (Å²) in [5.41, 5.74) is 4.15. The fourth-order valence-corrected chi connectivity index (χ4v) is 3.89. The van der Waals surface area contributed by atoms with Crippen LogP contribution in [0.15, 0.2) is 54.6 Å². The summed E-state index contributed by atoms with van der Waals surface area (Å²) < 4.78 is 0. The summed E-state index contributed by atoms with van der Waals surface area (Å²) >= 11 is 0. The molecular weight excluding hydrogens is 354 g/mol. The fraction of sp³-hybridized carbons (Fsp3) is 0.227. The van der Waals surface area contributed by atoms with Gasteiger partial charge < -0.3 is 10.0 Å². The molecule has 0 spiro atoms. The highest BCUT2D eigenvalue weighted by Gasteiger charge is 2.31. The molecule has 3 aromatic rings. The van der Waals surface area contributed by atoms with Gasteiger partial charge in [0.15, 0.2) is 0 Å². The van der Waals surface area contributed by atoms with E-state index in [-0.39, 0.29) is 11.8 Å². The molecule has 2 heterocycles. The van der Waals surface area contributed by atoms with Gasteiger partial charge in [-0.05, 0) is 25.0 Å². The van der Waals surface area contributed by atoms with Crippen LogP contribution in [0, 0.1) is 6.92 Å². The standard InChI is InChI=1S/C22H21N3O3/c1-14-19(15-7-3-2-4-8-15)23-24-20(14)21(26)25-12-11-16(13-25)17-9-5-6-10-18(17)22(27)28/h2-10,16H,11-13H2,1H3,(H,23,24)(H,27,28)/t16-/m1/s1. The molecule has 1 aromatic heterocycles. The van der Waals surface area contributed by atoms with Gasteiger partial charge in [-0.1, -0.05) is 48.5 Å². The lowest BCUT2D eigenvalue weighted by molar-refractivity contribution is 0.0695. The number of hydrogen-bond donors (Lipinski definition) is 2. The van der Waals surface area contributed by atoms with E-state index in [0.29, 0.717) is 24.3 Å². The second-order valence-electron chi connectivity index (χ2n) is 7.07. The average molecular weight is 375 g/mol. The monoisotopic (exact) mass is 375 g/mol. The molecule has 0 saturated carbocycles. The molecule has 1 aliphatic rings. The molecule has 0 unspecified atom stereocenters. The van der Waals surface area contributed by atoms with Crippen molar-refractivity contribution in [2.75, 3.05) is 13.1 Å². The van der Waals surface area contributed by atoms with Crippen molar-refractivity contribution in [3.8, 4) is 11.3 Å². The summed E-state index contributed by atoms with van der Waals surface area (Å²) in [4.78, 5) is 26.3. The zero-order valence-electron chi connectivity index (χ0n) is 15.6. The average Bonchev–Trinajstić information content (AvgIpc) is 3.35. The molecule has 0 bridgehead atoms. The first kappa shape index (κ1) is 18.0. The summed E-state index contributed by atoms with van der Waals surface area (Å²) in [5, 5.41) is 16.7. The molecule has 6 heteroatoms. The van der Waals surface area contributed by atoms with E-state index in [9.17, 15) is 14.7 Å². The van der Waals surface area contributed by atoms with Gasteiger partial charge in [-0.15, -0.1) is 0 Å². The third-order valence-corrected chi connectivity index (χ3v) is 5.38. The number of nitrogens with one attached hydrogen (secondary N) is 1. The van der Waals surface area contributed by atoms with E-state index in [1.54, 1.807) is 17.0 Å². The van der Waals surface area contributed by atoms with Crippen molar-refractivity contribution in [3.05, 3.63) is 77.0 Å². The van der Waals surface area contributed by atoms with E-state index in [1.807, 2.05) is 49.4 Å².